The lowest BCUT2D eigenvalue weighted by Gasteiger charge is -2.16. The lowest BCUT2D eigenvalue weighted by molar-refractivity contribution is -0.139. The van der Waals surface area contributed by atoms with Gasteiger partial charge in [-0.3, -0.25) is 0 Å². The lowest BCUT2D eigenvalue weighted by atomic mass is 10.0. The molecule has 2 nitrogen and oxygen atoms in total. The van der Waals surface area contributed by atoms with Crippen LogP contribution in [0.1, 0.15) is 31.4 Å². The maximum Gasteiger partial charge on any atom is 0.419 e. The van der Waals surface area contributed by atoms with Crippen LogP contribution >= 0.6 is 0 Å². The Morgan fingerprint density at radius 3 is 2.44 bits per heavy atom. The van der Waals surface area contributed by atoms with E-state index in [4.69, 9.17) is 10.5 Å². The molecule has 0 fully saturated rings. The molecule has 0 aliphatic heterocycles. The molecule has 0 spiro atoms. The zero-order valence-corrected chi connectivity index (χ0v) is 10.6. The minimum Gasteiger partial charge on any atom is -0.493 e. The first kappa shape index (κ1) is 14.8. The Labute approximate surface area is 105 Å². The summed E-state index contributed by atoms with van der Waals surface area (Å²) in [5, 5.41) is 0. The van der Waals surface area contributed by atoms with Crippen LogP contribution in [0.3, 0.4) is 0 Å². The van der Waals surface area contributed by atoms with E-state index in [-0.39, 0.29) is 18.4 Å². The summed E-state index contributed by atoms with van der Waals surface area (Å²) in [5.41, 5.74) is 5.60. The molecule has 1 atom stereocenters. The number of ether oxygens (including phenoxy) is 1. The first-order valence-electron chi connectivity index (χ1n) is 5.97. The van der Waals surface area contributed by atoms with Crippen molar-refractivity contribution in [3.8, 4) is 5.75 Å². The second kappa shape index (κ2) is 6.09. The van der Waals surface area contributed by atoms with E-state index in [1.54, 1.807) is 13.0 Å². The van der Waals surface area contributed by atoms with E-state index in [9.17, 15) is 13.2 Å². The smallest absolute Gasteiger partial charge is 0.419 e. The summed E-state index contributed by atoms with van der Waals surface area (Å²) >= 11 is 0. The van der Waals surface area contributed by atoms with Gasteiger partial charge < -0.3 is 10.5 Å². The molecule has 2 N–H and O–H groups in total. The van der Waals surface area contributed by atoms with E-state index < -0.39 is 11.7 Å². The van der Waals surface area contributed by atoms with Gasteiger partial charge in [0.05, 0.1) is 12.2 Å². The second-order valence-corrected chi connectivity index (χ2v) is 4.13. The van der Waals surface area contributed by atoms with Crippen molar-refractivity contribution in [2.75, 3.05) is 6.61 Å². The van der Waals surface area contributed by atoms with Crippen LogP contribution < -0.4 is 10.5 Å². The van der Waals surface area contributed by atoms with Crippen molar-refractivity contribution >= 4 is 0 Å². The van der Waals surface area contributed by atoms with E-state index in [1.165, 1.54) is 6.07 Å². The highest BCUT2D eigenvalue weighted by Crippen LogP contribution is 2.37. The minimum absolute atomic E-state index is 0.121. The highest BCUT2D eigenvalue weighted by atomic mass is 19.4. The van der Waals surface area contributed by atoms with Gasteiger partial charge in [0.25, 0.3) is 0 Å². The van der Waals surface area contributed by atoms with Crippen LogP contribution in [0.15, 0.2) is 18.2 Å². The number of halogens is 3. The monoisotopic (exact) mass is 261 g/mol. The average Bonchev–Trinajstić information content (AvgIpc) is 2.30. The zero-order valence-electron chi connectivity index (χ0n) is 10.6. The van der Waals surface area contributed by atoms with Crippen LogP contribution in [0.5, 0.6) is 5.75 Å². The first-order valence-corrected chi connectivity index (χ1v) is 5.97. The molecule has 1 unspecified atom stereocenters. The predicted molar refractivity (Wildman–Crippen MR) is 64.6 cm³/mol. The standard InChI is InChI=1S/C13H18F3NO/c1-3-10(17)7-9-5-6-12(18-4-2)11(8-9)13(14,15)16/h5-6,8,10H,3-4,7,17H2,1-2H3. The molecule has 0 aromatic heterocycles. The van der Waals surface area contributed by atoms with Gasteiger partial charge in [-0.15, -0.1) is 0 Å². The summed E-state index contributed by atoms with van der Waals surface area (Å²) in [6, 6.07) is 4.00. The maximum atomic E-state index is 12.9. The molecular formula is C13H18F3NO. The Morgan fingerprint density at radius 1 is 1.28 bits per heavy atom. The van der Waals surface area contributed by atoms with Crippen LogP contribution in [-0.4, -0.2) is 12.6 Å². The van der Waals surface area contributed by atoms with Gasteiger partial charge in [-0.05, 0) is 37.5 Å². The fraction of sp³-hybridized carbons (Fsp3) is 0.538. The summed E-state index contributed by atoms with van der Waals surface area (Å²) < 4.78 is 43.6. The van der Waals surface area contributed by atoms with Crippen LogP contribution in [0.4, 0.5) is 13.2 Å². The summed E-state index contributed by atoms with van der Waals surface area (Å²) in [4.78, 5) is 0. The predicted octanol–water partition coefficient (Wildman–Crippen LogP) is 3.38. The molecule has 1 aromatic rings. The third kappa shape index (κ3) is 3.91. The number of alkyl halides is 3. The summed E-state index contributed by atoms with van der Waals surface area (Å²) in [6.07, 6.45) is -3.24. The SMILES string of the molecule is CCOc1ccc(CC(N)CC)cc1C(F)(F)F. The number of rotatable bonds is 5. The van der Waals surface area contributed by atoms with Crippen LogP contribution in [0.25, 0.3) is 0 Å². The Bertz CT molecular complexity index is 390. The first-order chi connectivity index (χ1) is 8.38. The van der Waals surface area contributed by atoms with Gasteiger partial charge in [0.15, 0.2) is 0 Å². The van der Waals surface area contributed by atoms with E-state index in [0.717, 1.165) is 12.5 Å². The van der Waals surface area contributed by atoms with Gasteiger partial charge in [0.1, 0.15) is 5.75 Å². The molecule has 1 rings (SSSR count). The van der Waals surface area contributed by atoms with Crippen molar-refractivity contribution in [1.82, 2.24) is 0 Å². The third-order valence-corrected chi connectivity index (χ3v) is 2.67. The van der Waals surface area contributed by atoms with E-state index in [2.05, 4.69) is 0 Å². The Morgan fingerprint density at radius 2 is 1.94 bits per heavy atom. The fourth-order valence-corrected chi connectivity index (χ4v) is 1.65. The molecule has 0 saturated carbocycles. The highest BCUT2D eigenvalue weighted by molar-refractivity contribution is 5.39. The number of benzene rings is 1. The topological polar surface area (TPSA) is 35.2 Å². The molecule has 18 heavy (non-hydrogen) atoms. The third-order valence-electron chi connectivity index (χ3n) is 2.67. The molecule has 102 valence electrons. The Hall–Kier alpha value is -1.23. The molecule has 0 amide bonds. The lowest BCUT2D eigenvalue weighted by Crippen LogP contribution is -2.21. The molecule has 0 aliphatic rings. The Balaban J connectivity index is 3.05. The van der Waals surface area contributed by atoms with Gasteiger partial charge >= 0.3 is 6.18 Å². The Kier molecular flexibility index (Phi) is 5.02. The van der Waals surface area contributed by atoms with E-state index in [1.807, 2.05) is 6.92 Å². The molecule has 0 heterocycles. The molecule has 0 bridgehead atoms. The molecular weight excluding hydrogens is 243 g/mol. The molecule has 0 saturated heterocycles. The minimum atomic E-state index is -4.41. The van der Waals surface area contributed by atoms with Crippen LogP contribution in [0.2, 0.25) is 0 Å². The van der Waals surface area contributed by atoms with Gasteiger partial charge in [-0.25, -0.2) is 0 Å². The summed E-state index contributed by atoms with van der Waals surface area (Å²) in [5.74, 6) is -0.126. The van der Waals surface area contributed by atoms with Crippen molar-refractivity contribution < 1.29 is 17.9 Å². The maximum absolute atomic E-state index is 12.9. The summed E-state index contributed by atoms with van der Waals surface area (Å²) in [7, 11) is 0. The number of hydrogen-bond acceptors (Lipinski definition) is 2. The zero-order chi connectivity index (χ0) is 13.8. The van der Waals surface area contributed by atoms with Crippen molar-refractivity contribution in [2.24, 2.45) is 5.73 Å². The number of nitrogens with two attached hydrogens (primary N) is 1. The fourth-order valence-electron chi connectivity index (χ4n) is 1.65. The number of hydrogen-bond donors (Lipinski definition) is 1. The largest absolute Gasteiger partial charge is 0.493 e. The average molecular weight is 261 g/mol. The second-order valence-electron chi connectivity index (χ2n) is 4.13. The van der Waals surface area contributed by atoms with Crippen LogP contribution in [0, 0.1) is 0 Å². The van der Waals surface area contributed by atoms with Gasteiger partial charge in [-0.2, -0.15) is 13.2 Å². The van der Waals surface area contributed by atoms with E-state index >= 15 is 0 Å². The molecule has 5 heteroatoms. The quantitative estimate of drug-likeness (QED) is 0.881. The molecule has 0 aliphatic carbocycles. The van der Waals surface area contributed by atoms with Crippen LogP contribution in [-0.2, 0) is 12.6 Å². The van der Waals surface area contributed by atoms with Crippen molar-refractivity contribution in [2.45, 2.75) is 38.9 Å². The van der Waals surface area contributed by atoms with Gasteiger partial charge in [0, 0.05) is 6.04 Å². The highest BCUT2D eigenvalue weighted by Gasteiger charge is 2.34. The summed E-state index contributed by atoms with van der Waals surface area (Å²) in [6.45, 7) is 3.77. The van der Waals surface area contributed by atoms with Gasteiger partial charge in [0.2, 0.25) is 0 Å². The van der Waals surface area contributed by atoms with Crippen molar-refractivity contribution in [1.29, 1.82) is 0 Å². The molecule has 1 aromatic carbocycles. The van der Waals surface area contributed by atoms with Crippen molar-refractivity contribution in [3.05, 3.63) is 29.3 Å². The normalized spacial score (nSPS) is 13.4. The molecule has 0 radical (unpaired) electrons. The van der Waals surface area contributed by atoms with E-state index in [0.29, 0.717) is 12.0 Å². The van der Waals surface area contributed by atoms with Gasteiger partial charge in [-0.1, -0.05) is 13.0 Å². The van der Waals surface area contributed by atoms with Crippen molar-refractivity contribution in [3.63, 3.8) is 0 Å².